The molecule has 14 heavy (non-hydrogen) atoms. The van der Waals surface area contributed by atoms with E-state index in [1.807, 2.05) is 11.0 Å². The monoisotopic (exact) mass is 275 g/mol. The molecule has 0 N–H and O–H groups in total. The van der Waals surface area contributed by atoms with E-state index in [0.29, 0.717) is 13.2 Å². The average molecular weight is 276 g/mol. The number of thiophene rings is 1. The Labute approximate surface area is 94.8 Å². The van der Waals surface area contributed by atoms with Crippen LogP contribution in [0.15, 0.2) is 9.85 Å². The van der Waals surface area contributed by atoms with E-state index in [1.165, 1.54) is 0 Å². The highest BCUT2D eigenvalue weighted by Gasteiger charge is 2.28. The molecule has 0 fully saturated rings. The highest BCUT2D eigenvalue weighted by atomic mass is 79.9. The van der Waals surface area contributed by atoms with E-state index in [2.05, 4.69) is 15.9 Å². The lowest BCUT2D eigenvalue weighted by atomic mass is 10.3. The summed E-state index contributed by atoms with van der Waals surface area (Å²) in [7, 11) is 1.65. The molecule has 1 aliphatic rings. The van der Waals surface area contributed by atoms with Gasteiger partial charge in [-0.1, -0.05) is 0 Å². The summed E-state index contributed by atoms with van der Waals surface area (Å²) < 4.78 is 5.98. The van der Waals surface area contributed by atoms with Gasteiger partial charge in [0.15, 0.2) is 0 Å². The summed E-state index contributed by atoms with van der Waals surface area (Å²) in [6.07, 6.45) is 0. The predicted octanol–water partition coefficient (Wildman–Crippen LogP) is 2.11. The van der Waals surface area contributed by atoms with Crippen molar-refractivity contribution in [3.05, 3.63) is 20.3 Å². The van der Waals surface area contributed by atoms with Gasteiger partial charge in [0.25, 0.3) is 5.91 Å². The molecule has 0 aliphatic carbocycles. The van der Waals surface area contributed by atoms with Crippen LogP contribution in [0.25, 0.3) is 0 Å². The van der Waals surface area contributed by atoms with Gasteiger partial charge in [-0.05, 0) is 22.0 Å². The lowest BCUT2D eigenvalue weighted by Crippen LogP contribution is -2.27. The zero-order valence-corrected chi connectivity index (χ0v) is 10.2. The first-order valence-electron chi connectivity index (χ1n) is 4.29. The van der Waals surface area contributed by atoms with Crippen LogP contribution in [0.1, 0.15) is 15.2 Å². The molecule has 2 heterocycles. The van der Waals surface area contributed by atoms with Crippen molar-refractivity contribution < 1.29 is 9.53 Å². The summed E-state index contributed by atoms with van der Waals surface area (Å²) in [6.45, 7) is 2.00. The number of rotatable bonds is 3. The first-order valence-corrected chi connectivity index (χ1v) is 5.89. The molecule has 0 atom stereocenters. The van der Waals surface area contributed by atoms with E-state index in [0.717, 1.165) is 20.8 Å². The molecule has 0 unspecified atom stereocenters. The van der Waals surface area contributed by atoms with Gasteiger partial charge in [-0.25, -0.2) is 0 Å². The number of methoxy groups -OCH3 is 1. The van der Waals surface area contributed by atoms with E-state index in [9.17, 15) is 4.79 Å². The molecule has 0 saturated heterocycles. The number of halogens is 1. The van der Waals surface area contributed by atoms with E-state index in [-0.39, 0.29) is 5.91 Å². The van der Waals surface area contributed by atoms with Crippen molar-refractivity contribution >= 4 is 33.2 Å². The Morgan fingerprint density at radius 2 is 2.50 bits per heavy atom. The lowest BCUT2D eigenvalue weighted by Gasteiger charge is -2.14. The van der Waals surface area contributed by atoms with Gasteiger partial charge in [-0.15, -0.1) is 11.3 Å². The minimum absolute atomic E-state index is 0.124. The maximum atomic E-state index is 11.8. The third-order valence-corrected chi connectivity index (χ3v) is 3.82. The Morgan fingerprint density at radius 1 is 1.71 bits per heavy atom. The zero-order valence-electron chi connectivity index (χ0n) is 7.75. The molecular weight excluding hydrogens is 266 g/mol. The molecule has 1 amide bonds. The number of fused-ring (bicyclic) bond motifs is 1. The first-order chi connectivity index (χ1) is 6.72. The third-order valence-electron chi connectivity index (χ3n) is 2.20. The summed E-state index contributed by atoms with van der Waals surface area (Å²) >= 11 is 5.01. The summed E-state index contributed by atoms with van der Waals surface area (Å²) in [6, 6.07) is 1.90. The Kier molecular flexibility index (Phi) is 2.90. The molecular formula is C9H10BrNO2S. The molecule has 0 radical (unpaired) electrons. The van der Waals surface area contributed by atoms with Gasteiger partial charge in [0.1, 0.15) is 0 Å². The van der Waals surface area contributed by atoms with Crippen molar-refractivity contribution in [1.29, 1.82) is 0 Å². The van der Waals surface area contributed by atoms with Crippen molar-refractivity contribution in [2.45, 2.75) is 6.54 Å². The van der Waals surface area contributed by atoms with Crippen molar-refractivity contribution in [2.24, 2.45) is 0 Å². The molecule has 76 valence electrons. The average Bonchev–Trinajstić information content (AvgIpc) is 2.63. The Balaban J connectivity index is 2.11. The van der Waals surface area contributed by atoms with E-state index < -0.39 is 0 Å². The number of nitrogens with zero attached hydrogens (tertiary/aromatic N) is 1. The molecule has 1 aromatic rings. The van der Waals surface area contributed by atoms with Crippen molar-refractivity contribution in [3.63, 3.8) is 0 Å². The number of carbonyl (C=O) groups excluding carboxylic acids is 1. The lowest BCUT2D eigenvalue weighted by molar-refractivity contribution is 0.0719. The number of hydrogen-bond acceptors (Lipinski definition) is 3. The fraction of sp³-hybridized carbons (Fsp3) is 0.444. The molecule has 1 aliphatic heterocycles. The first kappa shape index (κ1) is 10.1. The fourth-order valence-electron chi connectivity index (χ4n) is 1.49. The van der Waals surface area contributed by atoms with Crippen LogP contribution in [-0.2, 0) is 11.3 Å². The Bertz CT molecular complexity index is 364. The molecule has 1 aromatic heterocycles. The molecule has 2 rings (SSSR count). The van der Waals surface area contributed by atoms with Crippen LogP contribution >= 0.6 is 27.3 Å². The van der Waals surface area contributed by atoms with E-state index >= 15 is 0 Å². The fourth-order valence-corrected chi connectivity index (χ4v) is 3.20. The number of amides is 1. The molecule has 0 bridgehead atoms. The predicted molar refractivity (Wildman–Crippen MR) is 58.6 cm³/mol. The smallest absolute Gasteiger partial charge is 0.255 e. The summed E-state index contributed by atoms with van der Waals surface area (Å²) in [5.74, 6) is 0.124. The van der Waals surface area contributed by atoms with E-state index in [4.69, 9.17) is 4.74 Å². The molecule has 3 nitrogen and oxygen atoms in total. The topological polar surface area (TPSA) is 29.5 Å². The minimum Gasteiger partial charge on any atom is -0.383 e. The second-order valence-electron chi connectivity index (χ2n) is 3.11. The standard InChI is InChI=1S/C9H10BrNO2S/c1-13-3-2-11-5-7-6(9(11)12)4-8(10)14-7/h4H,2-3,5H2,1H3. The van der Waals surface area contributed by atoms with Gasteiger partial charge in [0, 0.05) is 18.5 Å². The number of hydrogen-bond donors (Lipinski definition) is 0. The van der Waals surface area contributed by atoms with Crippen molar-refractivity contribution in [2.75, 3.05) is 20.3 Å². The summed E-state index contributed by atoms with van der Waals surface area (Å²) in [5, 5.41) is 0. The van der Waals surface area contributed by atoms with Crippen LogP contribution < -0.4 is 0 Å². The van der Waals surface area contributed by atoms with Gasteiger partial charge in [-0.3, -0.25) is 4.79 Å². The largest absolute Gasteiger partial charge is 0.383 e. The molecule has 0 aromatic carbocycles. The molecule has 5 heteroatoms. The molecule has 0 saturated carbocycles. The van der Waals surface area contributed by atoms with Crippen LogP contribution in [0.5, 0.6) is 0 Å². The van der Waals surface area contributed by atoms with Gasteiger partial charge < -0.3 is 9.64 Å². The minimum atomic E-state index is 0.124. The van der Waals surface area contributed by atoms with Crippen LogP contribution in [0.3, 0.4) is 0 Å². The maximum absolute atomic E-state index is 11.8. The normalized spacial score (nSPS) is 15.0. The zero-order chi connectivity index (χ0) is 10.1. The SMILES string of the molecule is COCCN1Cc2sc(Br)cc2C1=O. The third kappa shape index (κ3) is 1.71. The number of ether oxygens (including phenoxy) is 1. The van der Waals surface area contributed by atoms with Crippen LogP contribution in [0.2, 0.25) is 0 Å². The highest BCUT2D eigenvalue weighted by Crippen LogP contribution is 2.33. The number of carbonyl (C=O) groups is 1. The summed E-state index contributed by atoms with van der Waals surface area (Å²) in [5.41, 5.74) is 0.845. The Morgan fingerprint density at radius 3 is 3.14 bits per heavy atom. The van der Waals surface area contributed by atoms with Crippen LogP contribution in [-0.4, -0.2) is 31.1 Å². The van der Waals surface area contributed by atoms with Gasteiger partial charge in [0.2, 0.25) is 0 Å². The van der Waals surface area contributed by atoms with Crippen molar-refractivity contribution in [3.8, 4) is 0 Å². The highest BCUT2D eigenvalue weighted by molar-refractivity contribution is 9.11. The maximum Gasteiger partial charge on any atom is 0.255 e. The second-order valence-corrected chi connectivity index (χ2v) is 5.62. The quantitative estimate of drug-likeness (QED) is 0.846. The van der Waals surface area contributed by atoms with Crippen LogP contribution in [0.4, 0.5) is 0 Å². The van der Waals surface area contributed by atoms with Gasteiger partial charge in [-0.2, -0.15) is 0 Å². The van der Waals surface area contributed by atoms with Crippen LogP contribution in [0, 0.1) is 0 Å². The van der Waals surface area contributed by atoms with Gasteiger partial charge in [0.05, 0.1) is 22.5 Å². The summed E-state index contributed by atoms with van der Waals surface area (Å²) in [4.78, 5) is 14.7. The van der Waals surface area contributed by atoms with Gasteiger partial charge >= 0.3 is 0 Å². The second kappa shape index (κ2) is 4.00. The van der Waals surface area contributed by atoms with Crippen molar-refractivity contribution in [1.82, 2.24) is 4.90 Å². The van der Waals surface area contributed by atoms with E-state index in [1.54, 1.807) is 18.4 Å². The molecule has 0 spiro atoms. The Hall–Kier alpha value is -0.390.